The first kappa shape index (κ1) is 16.0. The van der Waals surface area contributed by atoms with Crippen molar-refractivity contribution in [3.8, 4) is 0 Å². The summed E-state index contributed by atoms with van der Waals surface area (Å²) in [4.78, 5) is 6.74. The summed E-state index contributed by atoms with van der Waals surface area (Å²) in [6.07, 6.45) is 10.4. The monoisotopic (exact) mass is 309 g/mol. The van der Waals surface area contributed by atoms with Crippen LogP contribution in [0.25, 0.3) is 10.9 Å². The Morgan fingerprint density at radius 3 is 3.00 bits per heavy atom. The molecule has 0 unspecified atom stereocenters. The fourth-order valence-corrected chi connectivity index (χ4v) is 3.43. The van der Waals surface area contributed by atoms with Crippen LogP contribution in [-0.2, 0) is 19.5 Å². The smallest absolute Gasteiger partial charge is 0.0485 e. The molecule has 0 aliphatic carbocycles. The summed E-state index contributed by atoms with van der Waals surface area (Å²) in [6, 6.07) is 8.87. The minimum Gasteiger partial charge on any atom is -0.344 e. The molecule has 0 amide bonds. The largest absolute Gasteiger partial charge is 0.344 e. The number of para-hydroxylation sites is 1. The van der Waals surface area contributed by atoms with Gasteiger partial charge in [0.25, 0.3) is 0 Å². The van der Waals surface area contributed by atoms with Crippen LogP contribution in [0.5, 0.6) is 0 Å². The number of aromatic nitrogens is 1. The van der Waals surface area contributed by atoms with Crippen LogP contribution in [0.3, 0.4) is 0 Å². The van der Waals surface area contributed by atoms with Crippen LogP contribution in [0.15, 0.2) is 41.5 Å². The zero-order valence-electron chi connectivity index (χ0n) is 14.3. The molecule has 2 heterocycles. The maximum absolute atomic E-state index is 4.32. The molecule has 0 bridgehead atoms. The molecule has 122 valence electrons. The lowest BCUT2D eigenvalue weighted by Gasteiger charge is -2.24. The van der Waals surface area contributed by atoms with Crippen molar-refractivity contribution in [2.24, 2.45) is 4.99 Å². The first-order valence-corrected chi connectivity index (χ1v) is 8.75. The number of aryl methyl sites for hydroxylation is 1. The third-order valence-electron chi connectivity index (χ3n) is 4.60. The van der Waals surface area contributed by atoms with Gasteiger partial charge in [0.2, 0.25) is 0 Å². The number of nitrogens with zero attached hydrogens (tertiary/aromatic N) is 3. The van der Waals surface area contributed by atoms with Gasteiger partial charge in [-0.25, -0.2) is 0 Å². The lowest BCUT2D eigenvalue weighted by Crippen LogP contribution is -2.27. The van der Waals surface area contributed by atoms with Gasteiger partial charge in [-0.15, -0.1) is 0 Å². The highest BCUT2D eigenvalue weighted by Crippen LogP contribution is 2.30. The summed E-state index contributed by atoms with van der Waals surface area (Å²) in [6.45, 7) is 5.45. The number of benzene rings is 1. The lowest BCUT2D eigenvalue weighted by molar-refractivity contribution is 0.309. The molecule has 1 aromatic carbocycles. The van der Waals surface area contributed by atoms with Crippen molar-refractivity contribution in [2.75, 3.05) is 13.6 Å². The molecular formula is C20H27N3. The average Bonchev–Trinajstić information content (AvgIpc) is 2.88. The maximum Gasteiger partial charge on any atom is 0.0485 e. The van der Waals surface area contributed by atoms with Crippen LogP contribution in [0.2, 0.25) is 0 Å². The van der Waals surface area contributed by atoms with Gasteiger partial charge in [0.1, 0.15) is 0 Å². The highest BCUT2D eigenvalue weighted by molar-refractivity contribution is 5.85. The van der Waals surface area contributed by atoms with Gasteiger partial charge in [-0.05, 0) is 37.9 Å². The molecule has 3 heteroatoms. The second-order valence-electron chi connectivity index (χ2n) is 6.35. The zero-order valence-corrected chi connectivity index (χ0v) is 14.3. The summed E-state index contributed by atoms with van der Waals surface area (Å²) < 4.78 is 2.55. The quantitative estimate of drug-likeness (QED) is 0.572. The Bertz CT molecular complexity index is 709. The fraction of sp³-hybridized carbons (Fsp3) is 0.450. The fourth-order valence-electron chi connectivity index (χ4n) is 3.43. The van der Waals surface area contributed by atoms with E-state index < -0.39 is 0 Å². The van der Waals surface area contributed by atoms with E-state index in [2.05, 4.69) is 58.8 Å². The van der Waals surface area contributed by atoms with E-state index in [0.29, 0.717) is 0 Å². The molecule has 0 atom stereocenters. The molecule has 3 rings (SSSR count). The highest BCUT2D eigenvalue weighted by atomic mass is 15.1. The predicted octanol–water partition coefficient (Wildman–Crippen LogP) is 4.40. The number of rotatable bonds is 6. The van der Waals surface area contributed by atoms with E-state index in [-0.39, 0.29) is 0 Å². The normalized spacial score (nSPS) is 15.9. The molecule has 1 aliphatic heterocycles. The summed E-state index contributed by atoms with van der Waals surface area (Å²) in [7, 11) is 2.22. The molecule has 0 spiro atoms. The number of fused-ring (bicyclic) bond motifs is 3. The molecule has 0 N–H and O–H groups in total. The molecule has 2 aromatic rings. The van der Waals surface area contributed by atoms with Gasteiger partial charge in [-0.1, -0.05) is 31.2 Å². The Hall–Kier alpha value is -1.87. The molecule has 23 heavy (non-hydrogen) atoms. The van der Waals surface area contributed by atoms with Crippen molar-refractivity contribution in [3.63, 3.8) is 0 Å². The van der Waals surface area contributed by atoms with Crippen molar-refractivity contribution in [1.29, 1.82) is 0 Å². The standard InChI is InChI=1S/C20H27N3/c1-3-4-12-21-13-7-8-14-23-19-10-6-5-9-17(19)18-16-22(2)15-11-20(18)23/h4-6,9-10,12-13H,3,7-8,11,14-16H2,1-2H3/b12-4-,21-13?. The number of hydrogen-bond donors (Lipinski definition) is 0. The molecule has 1 aliphatic rings. The van der Waals surface area contributed by atoms with E-state index in [9.17, 15) is 0 Å². The van der Waals surface area contributed by atoms with E-state index in [4.69, 9.17) is 0 Å². The molecule has 3 nitrogen and oxygen atoms in total. The summed E-state index contributed by atoms with van der Waals surface area (Å²) >= 11 is 0. The van der Waals surface area contributed by atoms with E-state index >= 15 is 0 Å². The molecule has 0 fully saturated rings. The van der Waals surface area contributed by atoms with Crippen LogP contribution in [0.4, 0.5) is 0 Å². The number of hydrogen-bond acceptors (Lipinski definition) is 2. The minimum absolute atomic E-state index is 1.04. The van der Waals surface area contributed by atoms with Gasteiger partial charge in [-0.3, -0.25) is 4.99 Å². The average molecular weight is 309 g/mol. The number of unbranched alkanes of at least 4 members (excludes halogenated alkanes) is 1. The van der Waals surface area contributed by atoms with Crippen LogP contribution in [0, 0.1) is 0 Å². The second-order valence-corrected chi connectivity index (χ2v) is 6.35. The summed E-state index contributed by atoms with van der Waals surface area (Å²) in [5, 5.41) is 1.44. The van der Waals surface area contributed by atoms with Crippen molar-refractivity contribution in [3.05, 3.63) is 47.8 Å². The first-order valence-electron chi connectivity index (χ1n) is 8.75. The van der Waals surface area contributed by atoms with Gasteiger partial charge in [0.15, 0.2) is 0 Å². The van der Waals surface area contributed by atoms with Crippen LogP contribution < -0.4 is 0 Å². The highest BCUT2D eigenvalue weighted by Gasteiger charge is 2.21. The Morgan fingerprint density at radius 2 is 2.13 bits per heavy atom. The Morgan fingerprint density at radius 1 is 1.26 bits per heavy atom. The zero-order chi connectivity index (χ0) is 16.1. The second kappa shape index (κ2) is 7.60. The van der Waals surface area contributed by atoms with E-state index in [1.807, 2.05) is 12.4 Å². The Kier molecular flexibility index (Phi) is 5.29. The van der Waals surface area contributed by atoms with E-state index in [1.54, 1.807) is 5.69 Å². The van der Waals surface area contributed by atoms with Gasteiger partial charge in [-0.2, -0.15) is 0 Å². The lowest BCUT2D eigenvalue weighted by atomic mass is 10.1. The van der Waals surface area contributed by atoms with E-state index in [1.165, 1.54) is 16.5 Å². The molecule has 0 saturated carbocycles. The van der Waals surface area contributed by atoms with Gasteiger partial charge in [0, 0.05) is 55.1 Å². The van der Waals surface area contributed by atoms with Crippen molar-refractivity contribution < 1.29 is 0 Å². The molecule has 0 saturated heterocycles. The topological polar surface area (TPSA) is 20.5 Å². The van der Waals surface area contributed by atoms with Crippen molar-refractivity contribution in [1.82, 2.24) is 9.47 Å². The third kappa shape index (κ3) is 3.56. The maximum atomic E-state index is 4.32. The number of likely N-dealkylation sites (N-methyl/N-ethyl adjacent to an activating group) is 1. The predicted molar refractivity (Wildman–Crippen MR) is 99.1 cm³/mol. The van der Waals surface area contributed by atoms with Crippen LogP contribution in [-0.4, -0.2) is 29.3 Å². The van der Waals surface area contributed by atoms with Crippen molar-refractivity contribution in [2.45, 2.75) is 45.7 Å². The van der Waals surface area contributed by atoms with Crippen LogP contribution in [0.1, 0.15) is 37.4 Å². The Labute approximate surface area is 139 Å². The SMILES string of the molecule is CC/C=C\N=CCCCn1c2c(c3ccccc31)CN(C)CC2. The van der Waals surface area contributed by atoms with E-state index in [0.717, 1.165) is 45.3 Å². The van der Waals surface area contributed by atoms with Crippen molar-refractivity contribution >= 4 is 17.1 Å². The van der Waals surface area contributed by atoms with Gasteiger partial charge >= 0.3 is 0 Å². The first-order chi connectivity index (χ1) is 11.3. The van der Waals surface area contributed by atoms with Gasteiger partial charge in [0.05, 0.1) is 0 Å². The van der Waals surface area contributed by atoms with Crippen LogP contribution >= 0.6 is 0 Å². The van der Waals surface area contributed by atoms with Gasteiger partial charge < -0.3 is 9.47 Å². The molecule has 1 aromatic heterocycles. The number of allylic oxidation sites excluding steroid dienone is 1. The summed E-state index contributed by atoms with van der Waals surface area (Å²) in [5.41, 5.74) is 4.48. The third-order valence-corrected chi connectivity index (χ3v) is 4.60. The summed E-state index contributed by atoms with van der Waals surface area (Å²) in [5.74, 6) is 0. The Balaban J connectivity index is 1.76. The minimum atomic E-state index is 1.04. The molecular weight excluding hydrogens is 282 g/mol. The molecule has 0 radical (unpaired) electrons. The number of aliphatic imine (C=N–C) groups is 1.